The Morgan fingerprint density at radius 2 is 0.867 bits per heavy atom. The standard InChI is InChI=1S/C56H35N3O/c1-3-14-36(15-4-1)50-35-51(37-16-5-2-6-17-37)59-55(58-50)42-20-11-19-39(32-42)40-27-29-52-48(33-40)56(46-25-9-7-22-44(46)45-23-8-10-26-47(45)56)49-34-41(28-30-53(49)60-52)43-24-12-18-38-21-13-31-57-54(38)43/h1-35H. The molecule has 0 radical (unpaired) electrons. The van der Waals surface area contributed by atoms with Crippen molar-refractivity contribution in [1.29, 1.82) is 0 Å². The van der Waals surface area contributed by atoms with Gasteiger partial charge in [-0.3, -0.25) is 4.98 Å². The van der Waals surface area contributed by atoms with E-state index in [1.54, 1.807) is 0 Å². The Kier molecular flexibility index (Phi) is 7.72. The molecule has 0 amide bonds. The van der Waals surface area contributed by atoms with Gasteiger partial charge in [-0.1, -0.05) is 164 Å². The van der Waals surface area contributed by atoms with Gasteiger partial charge in [0.15, 0.2) is 5.82 Å². The average Bonchev–Trinajstić information content (AvgIpc) is 3.62. The highest BCUT2D eigenvalue weighted by molar-refractivity contribution is 5.95. The SMILES string of the molecule is c1ccc(-c2cc(-c3ccccc3)nc(-c3cccc(-c4ccc5c(c4)C4(c6cc(-c7cccc8cccnc78)ccc6O5)c5ccccc5-c5ccccc54)c3)n2)cc1. The maximum absolute atomic E-state index is 6.93. The van der Waals surface area contributed by atoms with Crippen molar-refractivity contribution in [3.8, 4) is 78.8 Å². The summed E-state index contributed by atoms with van der Waals surface area (Å²) in [6.45, 7) is 0. The van der Waals surface area contributed by atoms with Crippen LogP contribution in [0.4, 0.5) is 0 Å². The van der Waals surface area contributed by atoms with Crippen molar-refractivity contribution in [2.24, 2.45) is 0 Å². The van der Waals surface area contributed by atoms with E-state index < -0.39 is 5.41 Å². The fourth-order valence-corrected chi connectivity index (χ4v) is 9.52. The molecule has 1 aliphatic heterocycles. The molecule has 10 aromatic rings. The Balaban J connectivity index is 1.05. The van der Waals surface area contributed by atoms with Gasteiger partial charge in [0.25, 0.3) is 0 Å². The van der Waals surface area contributed by atoms with Gasteiger partial charge in [0.05, 0.1) is 22.3 Å². The average molecular weight is 766 g/mol. The van der Waals surface area contributed by atoms with Gasteiger partial charge in [-0.2, -0.15) is 0 Å². The molecule has 8 aromatic carbocycles. The lowest BCUT2D eigenvalue weighted by Crippen LogP contribution is -2.32. The molecule has 1 aliphatic carbocycles. The number of hydrogen-bond acceptors (Lipinski definition) is 4. The van der Waals surface area contributed by atoms with Crippen LogP contribution < -0.4 is 4.74 Å². The maximum atomic E-state index is 6.93. The highest BCUT2D eigenvalue weighted by Gasteiger charge is 2.51. The van der Waals surface area contributed by atoms with Crippen molar-refractivity contribution in [2.45, 2.75) is 5.41 Å². The number of hydrogen-bond donors (Lipinski definition) is 0. The number of rotatable bonds is 5. The Bertz CT molecular complexity index is 3190. The van der Waals surface area contributed by atoms with Crippen molar-refractivity contribution in [3.63, 3.8) is 0 Å². The van der Waals surface area contributed by atoms with Crippen LogP contribution in [0.2, 0.25) is 0 Å². The van der Waals surface area contributed by atoms with Crippen LogP contribution in [-0.2, 0) is 5.41 Å². The number of aromatic nitrogens is 3. The van der Waals surface area contributed by atoms with Gasteiger partial charge in [-0.25, -0.2) is 9.97 Å². The molecule has 0 N–H and O–H groups in total. The van der Waals surface area contributed by atoms with Crippen LogP contribution in [0.3, 0.4) is 0 Å². The molecule has 4 heteroatoms. The largest absolute Gasteiger partial charge is 0.457 e. The highest BCUT2D eigenvalue weighted by atomic mass is 16.5. The molecule has 4 nitrogen and oxygen atoms in total. The number of para-hydroxylation sites is 1. The van der Waals surface area contributed by atoms with E-state index in [2.05, 4.69) is 164 Å². The van der Waals surface area contributed by atoms with Crippen LogP contribution in [0.5, 0.6) is 11.5 Å². The molecule has 0 fully saturated rings. The highest BCUT2D eigenvalue weighted by Crippen LogP contribution is 2.62. The first-order valence-electron chi connectivity index (χ1n) is 20.3. The van der Waals surface area contributed by atoms with E-state index in [9.17, 15) is 0 Å². The molecule has 0 saturated heterocycles. The minimum Gasteiger partial charge on any atom is -0.457 e. The van der Waals surface area contributed by atoms with Crippen molar-refractivity contribution in [2.75, 3.05) is 0 Å². The first kappa shape index (κ1) is 34.1. The summed E-state index contributed by atoms with van der Waals surface area (Å²) in [7, 11) is 0. The van der Waals surface area contributed by atoms with Crippen molar-refractivity contribution in [3.05, 3.63) is 235 Å². The second-order valence-electron chi connectivity index (χ2n) is 15.5. The molecule has 0 saturated carbocycles. The maximum Gasteiger partial charge on any atom is 0.160 e. The van der Waals surface area contributed by atoms with Gasteiger partial charge < -0.3 is 4.74 Å². The lowest BCUT2D eigenvalue weighted by molar-refractivity contribution is 0.436. The third-order valence-electron chi connectivity index (χ3n) is 12.2. The van der Waals surface area contributed by atoms with Gasteiger partial charge >= 0.3 is 0 Å². The van der Waals surface area contributed by atoms with Crippen molar-refractivity contribution >= 4 is 10.9 Å². The normalized spacial score (nSPS) is 12.9. The zero-order chi connectivity index (χ0) is 39.6. The first-order chi connectivity index (χ1) is 29.7. The summed E-state index contributed by atoms with van der Waals surface area (Å²) < 4.78 is 6.93. The van der Waals surface area contributed by atoms with Crippen LogP contribution in [0.1, 0.15) is 22.3 Å². The predicted molar refractivity (Wildman–Crippen MR) is 242 cm³/mol. The molecule has 2 aliphatic rings. The van der Waals surface area contributed by atoms with Crippen LogP contribution in [0.15, 0.2) is 212 Å². The van der Waals surface area contributed by atoms with E-state index in [4.69, 9.17) is 19.7 Å². The second-order valence-corrected chi connectivity index (χ2v) is 15.5. The summed E-state index contributed by atoms with van der Waals surface area (Å²) in [6, 6.07) is 73.0. The van der Waals surface area contributed by atoms with E-state index in [0.717, 1.165) is 83.9 Å². The topological polar surface area (TPSA) is 47.9 Å². The van der Waals surface area contributed by atoms with E-state index in [1.165, 1.54) is 22.3 Å². The number of ether oxygens (including phenoxy) is 1. The molecule has 3 heterocycles. The van der Waals surface area contributed by atoms with Gasteiger partial charge in [-0.15, -0.1) is 0 Å². The smallest absolute Gasteiger partial charge is 0.160 e. The summed E-state index contributed by atoms with van der Waals surface area (Å²) in [5, 5.41) is 1.11. The fourth-order valence-electron chi connectivity index (χ4n) is 9.52. The zero-order valence-corrected chi connectivity index (χ0v) is 32.5. The predicted octanol–water partition coefficient (Wildman–Crippen LogP) is 13.8. The lowest BCUT2D eigenvalue weighted by atomic mass is 9.65. The fraction of sp³-hybridized carbons (Fsp3) is 0.0179. The van der Waals surface area contributed by atoms with Crippen LogP contribution in [0, 0.1) is 0 Å². The monoisotopic (exact) mass is 765 g/mol. The molecule has 1 spiro atoms. The molecule has 0 bridgehead atoms. The Morgan fingerprint density at radius 1 is 0.350 bits per heavy atom. The minimum absolute atomic E-state index is 0.643. The van der Waals surface area contributed by atoms with E-state index in [0.29, 0.717) is 5.82 Å². The van der Waals surface area contributed by atoms with E-state index in [1.807, 2.05) is 48.7 Å². The summed E-state index contributed by atoms with van der Waals surface area (Å²) in [6.07, 6.45) is 1.87. The second kappa shape index (κ2) is 13.6. The molecular weight excluding hydrogens is 731 g/mol. The molecule has 12 rings (SSSR count). The number of pyridine rings is 1. The van der Waals surface area contributed by atoms with E-state index >= 15 is 0 Å². The molecule has 280 valence electrons. The van der Waals surface area contributed by atoms with Gasteiger partial charge in [0.2, 0.25) is 0 Å². The van der Waals surface area contributed by atoms with Crippen molar-refractivity contribution in [1.82, 2.24) is 15.0 Å². The summed E-state index contributed by atoms with van der Waals surface area (Å²) in [5.74, 6) is 2.38. The summed E-state index contributed by atoms with van der Waals surface area (Å²) in [4.78, 5) is 15.1. The number of nitrogens with zero attached hydrogens (tertiary/aromatic N) is 3. The molecule has 0 atom stereocenters. The van der Waals surface area contributed by atoms with Gasteiger partial charge in [0.1, 0.15) is 11.5 Å². The minimum atomic E-state index is -0.643. The summed E-state index contributed by atoms with van der Waals surface area (Å²) >= 11 is 0. The first-order valence-corrected chi connectivity index (χ1v) is 20.3. The van der Waals surface area contributed by atoms with Crippen LogP contribution >= 0.6 is 0 Å². The summed E-state index contributed by atoms with van der Waals surface area (Å²) in [5.41, 5.74) is 16.7. The third kappa shape index (κ3) is 5.28. The van der Waals surface area contributed by atoms with Crippen LogP contribution in [0.25, 0.3) is 78.2 Å². The Hall–Kier alpha value is -7.95. The van der Waals surface area contributed by atoms with E-state index in [-0.39, 0.29) is 0 Å². The lowest BCUT2D eigenvalue weighted by Gasteiger charge is -2.40. The Morgan fingerprint density at radius 3 is 1.55 bits per heavy atom. The Labute approximate surface area is 348 Å². The van der Waals surface area contributed by atoms with Crippen LogP contribution in [-0.4, -0.2) is 15.0 Å². The third-order valence-corrected chi connectivity index (χ3v) is 12.2. The molecular formula is C56H35N3O. The molecule has 60 heavy (non-hydrogen) atoms. The van der Waals surface area contributed by atoms with Gasteiger partial charge in [-0.05, 0) is 81.4 Å². The van der Waals surface area contributed by atoms with Crippen molar-refractivity contribution < 1.29 is 4.74 Å². The molecule has 2 aromatic heterocycles. The quantitative estimate of drug-likeness (QED) is 0.175. The number of fused-ring (bicyclic) bond motifs is 10. The zero-order valence-electron chi connectivity index (χ0n) is 32.5. The number of benzene rings is 8. The molecule has 0 unspecified atom stereocenters. The van der Waals surface area contributed by atoms with Gasteiger partial charge in [0, 0.05) is 45.0 Å².